The number of Topliss-reactive ketones (excluding diaryl/α,β-unsaturated/α-hetero) is 1. The molecule has 1 unspecified atom stereocenters. The van der Waals surface area contributed by atoms with Crippen molar-refractivity contribution in [1.29, 1.82) is 5.26 Å². The lowest BCUT2D eigenvalue weighted by molar-refractivity contribution is -0.121. The predicted molar refractivity (Wildman–Crippen MR) is 114 cm³/mol. The highest BCUT2D eigenvalue weighted by atomic mass is 16.6. The molecule has 0 bridgehead atoms. The van der Waals surface area contributed by atoms with E-state index in [1.165, 1.54) is 21.3 Å². The summed E-state index contributed by atoms with van der Waals surface area (Å²) in [5.74, 6) is 1.57. The third kappa shape index (κ3) is 5.03. The highest BCUT2D eigenvalue weighted by Gasteiger charge is 2.21. The highest BCUT2D eigenvalue weighted by molar-refractivity contribution is 5.98. The number of nitrogens with one attached hydrogen (secondary N) is 1. The van der Waals surface area contributed by atoms with Crippen LogP contribution in [-0.2, 0) is 4.79 Å². The Morgan fingerprint density at radius 3 is 2.25 bits per heavy atom. The Morgan fingerprint density at radius 1 is 1.00 bits per heavy atom. The minimum absolute atomic E-state index is 0.0150. The SMILES string of the molecule is COc1cc(C(C#N)NC(=O)CCC(=O)c2ccc3c(c2)OCCO3)cc(OC)c1OC. The van der Waals surface area contributed by atoms with Gasteiger partial charge in [-0.2, -0.15) is 5.26 Å². The topological polar surface area (TPSA) is 116 Å². The van der Waals surface area contributed by atoms with Gasteiger partial charge in [0, 0.05) is 18.4 Å². The summed E-state index contributed by atoms with van der Waals surface area (Å²) >= 11 is 0. The fourth-order valence-corrected chi connectivity index (χ4v) is 3.28. The van der Waals surface area contributed by atoms with Crippen LogP contribution in [0.2, 0.25) is 0 Å². The van der Waals surface area contributed by atoms with Crippen LogP contribution in [-0.4, -0.2) is 46.2 Å². The van der Waals surface area contributed by atoms with E-state index in [0.29, 0.717) is 53.1 Å². The van der Waals surface area contributed by atoms with Crippen molar-refractivity contribution in [2.24, 2.45) is 0 Å². The Hall–Kier alpha value is -3.93. The van der Waals surface area contributed by atoms with Crippen molar-refractivity contribution >= 4 is 11.7 Å². The van der Waals surface area contributed by atoms with Gasteiger partial charge >= 0.3 is 0 Å². The maximum absolute atomic E-state index is 12.5. The number of methoxy groups -OCH3 is 3. The summed E-state index contributed by atoms with van der Waals surface area (Å²) in [6.07, 6.45) is -0.0885. The van der Waals surface area contributed by atoms with E-state index in [1.807, 2.05) is 6.07 Å². The number of rotatable bonds is 9. The molecule has 0 fully saturated rings. The van der Waals surface area contributed by atoms with Crippen LogP contribution in [0.25, 0.3) is 0 Å². The molecule has 0 aromatic heterocycles. The number of hydrogen-bond acceptors (Lipinski definition) is 8. The predicted octanol–water partition coefficient (Wildman–Crippen LogP) is 2.83. The lowest BCUT2D eigenvalue weighted by Gasteiger charge is -2.18. The van der Waals surface area contributed by atoms with Crippen LogP contribution in [0.15, 0.2) is 30.3 Å². The fourth-order valence-electron chi connectivity index (χ4n) is 3.28. The standard InChI is InChI=1S/C23H24N2O7/c1-28-20-11-15(12-21(29-2)23(20)30-3)16(13-24)25-22(27)7-5-17(26)14-4-6-18-19(10-14)32-9-8-31-18/h4,6,10-12,16H,5,7-9H2,1-3H3,(H,25,27). The lowest BCUT2D eigenvalue weighted by Crippen LogP contribution is -2.28. The van der Waals surface area contributed by atoms with Gasteiger partial charge in [0.15, 0.2) is 28.8 Å². The van der Waals surface area contributed by atoms with Gasteiger partial charge < -0.3 is 29.0 Å². The number of ether oxygens (including phenoxy) is 5. The van der Waals surface area contributed by atoms with Crippen molar-refractivity contribution in [1.82, 2.24) is 5.32 Å². The number of nitriles is 1. The average molecular weight is 440 g/mol. The molecule has 168 valence electrons. The first-order chi connectivity index (χ1) is 15.5. The molecule has 0 radical (unpaired) electrons. The van der Waals surface area contributed by atoms with Crippen molar-refractivity contribution in [2.45, 2.75) is 18.9 Å². The van der Waals surface area contributed by atoms with Gasteiger partial charge in [-0.1, -0.05) is 0 Å². The van der Waals surface area contributed by atoms with E-state index in [4.69, 9.17) is 23.7 Å². The Kier molecular flexibility index (Phi) is 7.39. The molecular weight excluding hydrogens is 416 g/mol. The molecule has 1 amide bonds. The van der Waals surface area contributed by atoms with Crippen LogP contribution in [0.5, 0.6) is 28.7 Å². The molecule has 3 rings (SSSR count). The molecule has 1 atom stereocenters. The summed E-state index contributed by atoms with van der Waals surface area (Å²) in [6.45, 7) is 0.885. The molecule has 0 saturated heterocycles. The first-order valence-electron chi connectivity index (χ1n) is 9.92. The second kappa shape index (κ2) is 10.4. The minimum atomic E-state index is -0.958. The quantitative estimate of drug-likeness (QED) is 0.592. The zero-order chi connectivity index (χ0) is 23.1. The molecule has 9 heteroatoms. The molecule has 1 N–H and O–H groups in total. The van der Waals surface area contributed by atoms with Crippen LogP contribution >= 0.6 is 0 Å². The molecule has 0 aliphatic carbocycles. The number of fused-ring (bicyclic) bond motifs is 1. The van der Waals surface area contributed by atoms with Crippen molar-refractivity contribution in [3.63, 3.8) is 0 Å². The molecule has 1 aliphatic heterocycles. The first kappa shape index (κ1) is 22.7. The van der Waals surface area contributed by atoms with Gasteiger partial charge in [0.25, 0.3) is 0 Å². The zero-order valence-electron chi connectivity index (χ0n) is 18.1. The second-order valence-electron chi connectivity index (χ2n) is 6.87. The van der Waals surface area contributed by atoms with Gasteiger partial charge in [-0.25, -0.2) is 0 Å². The summed E-state index contributed by atoms with van der Waals surface area (Å²) in [4.78, 5) is 24.9. The number of hydrogen-bond donors (Lipinski definition) is 1. The van der Waals surface area contributed by atoms with Crippen molar-refractivity contribution in [2.75, 3.05) is 34.5 Å². The third-order valence-corrected chi connectivity index (χ3v) is 4.90. The van der Waals surface area contributed by atoms with Gasteiger partial charge in [-0.15, -0.1) is 0 Å². The monoisotopic (exact) mass is 440 g/mol. The minimum Gasteiger partial charge on any atom is -0.493 e. The second-order valence-corrected chi connectivity index (χ2v) is 6.87. The molecular formula is C23H24N2O7. The van der Waals surface area contributed by atoms with E-state index in [9.17, 15) is 14.9 Å². The molecule has 1 heterocycles. The van der Waals surface area contributed by atoms with Crippen molar-refractivity contribution in [3.8, 4) is 34.8 Å². The largest absolute Gasteiger partial charge is 0.493 e. The van der Waals surface area contributed by atoms with Gasteiger partial charge in [0.1, 0.15) is 19.3 Å². The van der Waals surface area contributed by atoms with E-state index in [1.54, 1.807) is 30.3 Å². The van der Waals surface area contributed by atoms with Crippen LogP contribution < -0.4 is 29.0 Å². The van der Waals surface area contributed by atoms with Gasteiger partial charge in [-0.3, -0.25) is 9.59 Å². The Morgan fingerprint density at radius 2 is 1.66 bits per heavy atom. The number of carbonyl (C=O) groups is 2. The van der Waals surface area contributed by atoms with E-state index in [0.717, 1.165) is 0 Å². The van der Waals surface area contributed by atoms with E-state index in [-0.39, 0.29) is 18.6 Å². The van der Waals surface area contributed by atoms with Crippen molar-refractivity contribution < 1.29 is 33.3 Å². The summed E-state index contributed by atoms with van der Waals surface area (Å²) in [5.41, 5.74) is 0.900. The third-order valence-electron chi connectivity index (χ3n) is 4.90. The molecule has 2 aromatic rings. The Balaban J connectivity index is 1.65. The van der Waals surface area contributed by atoms with E-state index >= 15 is 0 Å². The molecule has 9 nitrogen and oxygen atoms in total. The summed E-state index contributed by atoms with van der Waals surface area (Å²) < 4.78 is 26.8. The van der Waals surface area contributed by atoms with E-state index < -0.39 is 11.9 Å². The fraction of sp³-hybridized carbons (Fsp3) is 0.348. The maximum Gasteiger partial charge on any atom is 0.221 e. The molecule has 2 aromatic carbocycles. The number of carbonyl (C=O) groups excluding carboxylic acids is 2. The zero-order valence-corrected chi connectivity index (χ0v) is 18.1. The molecule has 32 heavy (non-hydrogen) atoms. The highest BCUT2D eigenvalue weighted by Crippen LogP contribution is 2.39. The normalized spacial score (nSPS) is 12.8. The first-order valence-corrected chi connectivity index (χ1v) is 9.92. The van der Waals surface area contributed by atoms with Crippen LogP contribution in [0.4, 0.5) is 0 Å². The molecule has 1 aliphatic rings. The average Bonchev–Trinajstić information content (AvgIpc) is 2.84. The van der Waals surface area contributed by atoms with Crippen LogP contribution in [0.3, 0.4) is 0 Å². The maximum atomic E-state index is 12.5. The summed E-state index contributed by atoms with van der Waals surface area (Å²) in [6, 6.07) is 9.21. The smallest absolute Gasteiger partial charge is 0.221 e. The number of benzene rings is 2. The summed E-state index contributed by atoms with van der Waals surface area (Å²) in [5, 5.41) is 12.2. The number of ketones is 1. The van der Waals surface area contributed by atoms with Crippen LogP contribution in [0.1, 0.15) is 34.8 Å². The van der Waals surface area contributed by atoms with Gasteiger partial charge in [0.05, 0.1) is 27.4 Å². The van der Waals surface area contributed by atoms with Crippen molar-refractivity contribution in [3.05, 3.63) is 41.5 Å². The van der Waals surface area contributed by atoms with Gasteiger partial charge in [0.2, 0.25) is 11.7 Å². The number of nitrogens with zero attached hydrogens (tertiary/aromatic N) is 1. The Labute approximate surface area is 185 Å². The Bertz CT molecular complexity index is 1020. The van der Waals surface area contributed by atoms with Gasteiger partial charge in [-0.05, 0) is 35.9 Å². The molecule has 0 spiro atoms. The number of amides is 1. The lowest BCUT2D eigenvalue weighted by atomic mass is 10.0. The van der Waals surface area contributed by atoms with Crippen LogP contribution in [0, 0.1) is 11.3 Å². The summed E-state index contributed by atoms with van der Waals surface area (Å²) in [7, 11) is 4.40. The van der Waals surface area contributed by atoms with E-state index in [2.05, 4.69) is 5.32 Å². The molecule has 0 saturated carbocycles.